The first-order chi connectivity index (χ1) is 10.3. The molecule has 4 N–H and O–H groups in total. The van der Waals surface area contributed by atoms with Crippen LogP contribution in [0.25, 0.3) is 0 Å². The van der Waals surface area contributed by atoms with Crippen LogP contribution in [-0.4, -0.2) is 41.5 Å². The summed E-state index contributed by atoms with van der Waals surface area (Å²) in [4.78, 5) is 21.3. The molecule has 0 radical (unpaired) electrons. The highest BCUT2D eigenvalue weighted by Crippen LogP contribution is 2.48. The molecule has 0 unspecified atom stereocenters. The number of hydrogen-bond donors (Lipinski definition) is 3. The normalized spacial score (nSPS) is 13.6. The van der Waals surface area contributed by atoms with Gasteiger partial charge in [-0.3, -0.25) is 9.59 Å². The van der Waals surface area contributed by atoms with Gasteiger partial charge in [0.1, 0.15) is 11.8 Å². The third kappa shape index (κ3) is 8.35. The zero-order valence-corrected chi connectivity index (χ0v) is 14.4. The Morgan fingerprint density at radius 3 is 2.46 bits per heavy atom. The molecular formula is C14H24NO7PS. The molecule has 0 aliphatic carbocycles. The van der Waals surface area contributed by atoms with Crippen LogP contribution < -0.4 is 10.3 Å². The lowest BCUT2D eigenvalue weighted by Gasteiger charge is -2.18. The Bertz CT molecular complexity index is 596. The van der Waals surface area contributed by atoms with Gasteiger partial charge in [0.15, 0.2) is 0 Å². The van der Waals surface area contributed by atoms with E-state index in [2.05, 4.69) is 0 Å². The topological polar surface area (TPSA) is 136 Å². The first-order valence-electron chi connectivity index (χ1n) is 6.39. The molecule has 0 saturated carbocycles. The fourth-order valence-corrected chi connectivity index (χ4v) is 3.02. The van der Waals surface area contributed by atoms with Gasteiger partial charge in [0.25, 0.3) is 0 Å². The van der Waals surface area contributed by atoms with Crippen molar-refractivity contribution in [3.63, 3.8) is 0 Å². The molecule has 0 aliphatic heterocycles. The molecular weight excluding hydrogens is 357 g/mol. The van der Waals surface area contributed by atoms with Gasteiger partial charge < -0.3 is 25.0 Å². The number of nitrogens with two attached hydrogens (primary N) is 1. The van der Waals surface area contributed by atoms with Gasteiger partial charge in [0, 0.05) is 7.11 Å². The summed E-state index contributed by atoms with van der Waals surface area (Å²) in [7, 11) is -2.37. The van der Waals surface area contributed by atoms with Crippen LogP contribution in [0.4, 0.5) is 0 Å². The third-order valence-electron chi connectivity index (χ3n) is 2.81. The number of carbonyl (C=O) groups is 2. The lowest BCUT2D eigenvalue weighted by atomic mass is 10.1. The van der Waals surface area contributed by atoms with Crippen LogP contribution in [0.15, 0.2) is 24.3 Å². The minimum Gasteiger partial charge on any atom is -0.481 e. The Hall–Kier alpha value is -1.54. The SMILES string of the molecule is C.CO[P@@](=O)(CC[C@H](N)C(=O)O)Oc1cccc(CC(=O)O)c1.S. The molecule has 0 heterocycles. The predicted molar refractivity (Wildman–Crippen MR) is 95.2 cm³/mol. The zero-order chi connectivity index (χ0) is 16.8. The van der Waals surface area contributed by atoms with Gasteiger partial charge in [0.05, 0.1) is 12.6 Å². The Morgan fingerprint density at radius 1 is 1.33 bits per heavy atom. The lowest BCUT2D eigenvalue weighted by Crippen LogP contribution is -2.31. The number of carboxylic acid groups (broad SMARTS) is 2. The second-order valence-corrected chi connectivity index (χ2v) is 6.78. The molecule has 24 heavy (non-hydrogen) atoms. The summed E-state index contributed by atoms with van der Waals surface area (Å²) in [6.45, 7) is 0. The van der Waals surface area contributed by atoms with E-state index in [-0.39, 0.29) is 45.7 Å². The maximum Gasteiger partial charge on any atom is 0.378 e. The van der Waals surface area contributed by atoms with E-state index in [9.17, 15) is 14.2 Å². The smallest absolute Gasteiger partial charge is 0.378 e. The second kappa shape index (κ2) is 11.1. The Kier molecular flexibility index (Phi) is 11.4. The van der Waals surface area contributed by atoms with E-state index in [0.29, 0.717) is 5.56 Å². The number of carboxylic acids is 2. The van der Waals surface area contributed by atoms with Gasteiger partial charge in [-0.25, -0.2) is 4.57 Å². The minimum absolute atomic E-state index is 0. The van der Waals surface area contributed by atoms with Crippen molar-refractivity contribution in [1.82, 2.24) is 0 Å². The van der Waals surface area contributed by atoms with E-state index in [4.69, 9.17) is 25.0 Å². The van der Waals surface area contributed by atoms with Gasteiger partial charge in [-0.2, -0.15) is 13.5 Å². The molecule has 0 amide bonds. The van der Waals surface area contributed by atoms with Crippen LogP contribution in [0.1, 0.15) is 19.4 Å². The highest BCUT2D eigenvalue weighted by Gasteiger charge is 2.27. The Labute approximate surface area is 147 Å². The van der Waals surface area contributed by atoms with Crippen LogP contribution in [0, 0.1) is 0 Å². The van der Waals surface area contributed by atoms with Crippen molar-refractivity contribution < 1.29 is 33.4 Å². The first kappa shape index (κ1) is 24.7. The zero-order valence-electron chi connectivity index (χ0n) is 12.5. The monoisotopic (exact) mass is 381 g/mol. The van der Waals surface area contributed by atoms with Gasteiger partial charge in [-0.1, -0.05) is 19.6 Å². The van der Waals surface area contributed by atoms with Crippen LogP contribution in [-0.2, 0) is 25.1 Å². The average molecular weight is 381 g/mol. The number of benzene rings is 1. The van der Waals surface area contributed by atoms with Crippen molar-refractivity contribution in [2.24, 2.45) is 5.73 Å². The van der Waals surface area contributed by atoms with Gasteiger partial charge in [-0.05, 0) is 24.1 Å². The Morgan fingerprint density at radius 2 is 1.96 bits per heavy atom. The molecule has 10 heteroatoms. The molecule has 0 aromatic heterocycles. The van der Waals surface area contributed by atoms with Crippen LogP contribution in [0.3, 0.4) is 0 Å². The molecule has 8 nitrogen and oxygen atoms in total. The molecule has 0 aliphatic rings. The standard InChI is InChI=1S/C13H18NO7P.CH4.H2S/c1-20-22(19,6-5-11(14)13(17)18)21-10-4-2-3-9(7-10)8-12(15)16;;/h2-4,7,11H,5-6,8,14H2,1H3,(H,15,16)(H,17,18);1H4;1H2/t11-,22-;;/m0../s1. The largest absolute Gasteiger partial charge is 0.481 e. The molecule has 0 spiro atoms. The maximum atomic E-state index is 12.4. The molecule has 1 aromatic carbocycles. The maximum absolute atomic E-state index is 12.4. The van der Waals surface area contributed by atoms with Crippen molar-refractivity contribution >= 4 is 33.0 Å². The molecule has 138 valence electrons. The van der Waals surface area contributed by atoms with E-state index >= 15 is 0 Å². The van der Waals surface area contributed by atoms with Crippen molar-refractivity contribution in [2.75, 3.05) is 13.3 Å². The first-order valence-corrected chi connectivity index (χ1v) is 8.12. The molecule has 1 rings (SSSR count). The van der Waals surface area contributed by atoms with Crippen molar-refractivity contribution in [3.05, 3.63) is 29.8 Å². The van der Waals surface area contributed by atoms with E-state index in [1.165, 1.54) is 19.2 Å². The summed E-state index contributed by atoms with van der Waals surface area (Å²) in [5, 5.41) is 17.5. The van der Waals surface area contributed by atoms with Crippen molar-refractivity contribution in [1.29, 1.82) is 0 Å². The summed E-state index contributed by atoms with van der Waals surface area (Å²) in [6.07, 6.45) is -0.437. The quantitative estimate of drug-likeness (QED) is 0.553. The van der Waals surface area contributed by atoms with E-state index < -0.39 is 25.6 Å². The van der Waals surface area contributed by atoms with Crippen LogP contribution in [0.2, 0.25) is 0 Å². The molecule has 1 aromatic rings. The number of rotatable bonds is 9. The second-order valence-electron chi connectivity index (χ2n) is 4.56. The van der Waals surface area contributed by atoms with Gasteiger partial charge in [0.2, 0.25) is 0 Å². The van der Waals surface area contributed by atoms with E-state index in [1.807, 2.05) is 0 Å². The summed E-state index contributed by atoms with van der Waals surface area (Å²) in [6, 6.07) is 4.95. The number of aliphatic carboxylic acids is 2. The summed E-state index contributed by atoms with van der Waals surface area (Å²) in [5.74, 6) is -2.02. The van der Waals surface area contributed by atoms with E-state index in [1.54, 1.807) is 12.1 Å². The fourth-order valence-electron chi connectivity index (χ4n) is 1.64. The van der Waals surface area contributed by atoms with Crippen molar-refractivity contribution in [3.8, 4) is 5.75 Å². The minimum atomic E-state index is -3.56. The third-order valence-corrected chi connectivity index (χ3v) is 4.66. The summed E-state index contributed by atoms with van der Waals surface area (Å²) >= 11 is 0. The molecule has 2 atom stereocenters. The molecule has 0 fully saturated rings. The van der Waals surface area contributed by atoms with Gasteiger partial charge >= 0.3 is 19.5 Å². The van der Waals surface area contributed by atoms with Crippen LogP contribution >= 0.6 is 21.1 Å². The fraction of sp³-hybridized carbons (Fsp3) is 0.429. The molecule has 0 saturated heterocycles. The highest BCUT2D eigenvalue weighted by atomic mass is 32.1. The predicted octanol–water partition coefficient (Wildman–Crippen LogP) is 2.08. The van der Waals surface area contributed by atoms with Crippen molar-refractivity contribution in [2.45, 2.75) is 26.3 Å². The summed E-state index contributed by atoms with van der Waals surface area (Å²) < 4.78 is 22.6. The average Bonchev–Trinajstić information content (AvgIpc) is 2.44. The molecule has 0 bridgehead atoms. The van der Waals surface area contributed by atoms with Gasteiger partial charge in [-0.15, -0.1) is 0 Å². The highest BCUT2D eigenvalue weighted by molar-refractivity contribution is 7.59. The Balaban J connectivity index is 0. The van der Waals surface area contributed by atoms with Crippen LogP contribution in [0.5, 0.6) is 5.75 Å². The lowest BCUT2D eigenvalue weighted by molar-refractivity contribution is -0.138. The summed E-state index contributed by atoms with van der Waals surface area (Å²) in [5.41, 5.74) is 5.84. The number of hydrogen-bond acceptors (Lipinski definition) is 6. The van der Waals surface area contributed by atoms with E-state index in [0.717, 1.165) is 0 Å².